The van der Waals surface area contributed by atoms with Gasteiger partial charge in [-0.1, -0.05) is 23.9 Å². The summed E-state index contributed by atoms with van der Waals surface area (Å²) in [6.45, 7) is 0.290. The Morgan fingerprint density at radius 1 is 1.50 bits per heavy atom. The second kappa shape index (κ2) is 6.40. The Balaban J connectivity index is 2.05. The van der Waals surface area contributed by atoms with Crippen molar-refractivity contribution in [2.75, 3.05) is 13.0 Å². The molecule has 0 atom stereocenters. The van der Waals surface area contributed by atoms with E-state index >= 15 is 0 Å². The van der Waals surface area contributed by atoms with Gasteiger partial charge in [0.25, 0.3) is 0 Å². The van der Waals surface area contributed by atoms with Crippen LogP contribution in [0.15, 0.2) is 29.4 Å². The zero-order chi connectivity index (χ0) is 14.5. The summed E-state index contributed by atoms with van der Waals surface area (Å²) in [5, 5.41) is 17.4. The molecule has 0 fully saturated rings. The van der Waals surface area contributed by atoms with Gasteiger partial charge in [0.1, 0.15) is 6.61 Å². The van der Waals surface area contributed by atoms with Gasteiger partial charge in [0.15, 0.2) is 5.82 Å². The van der Waals surface area contributed by atoms with Crippen LogP contribution in [0.2, 0.25) is 0 Å². The van der Waals surface area contributed by atoms with E-state index in [1.165, 1.54) is 16.4 Å². The molecule has 0 radical (unpaired) electrons. The van der Waals surface area contributed by atoms with Crippen LogP contribution in [0.1, 0.15) is 21.7 Å². The van der Waals surface area contributed by atoms with Crippen molar-refractivity contribution in [2.45, 2.75) is 17.5 Å². The fraction of sp³-hybridized carbons (Fsp3) is 0.250. The first-order valence-corrected chi connectivity index (χ1v) is 6.73. The SMILES string of the molecule is COCc1nnc(SCc2cccc(C(=O)O)c2)n1N. The summed E-state index contributed by atoms with van der Waals surface area (Å²) < 4.78 is 6.32. The summed E-state index contributed by atoms with van der Waals surface area (Å²) >= 11 is 1.38. The highest BCUT2D eigenvalue weighted by atomic mass is 32.2. The zero-order valence-corrected chi connectivity index (χ0v) is 11.6. The van der Waals surface area contributed by atoms with E-state index in [0.29, 0.717) is 23.3 Å². The number of benzene rings is 1. The van der Waals surface area contributed by atoms with E-state index in [1.807, 2.05) is 6.07 Å². The number of carbonyl (C=O) groups is 1. The van der Waals surface area contributed by atoms with Crippen LogP contribution < -0.4 is 5.84 Å². The molecule has 20 heavy (non-hydrogen) atoms. The van der Waals surface area contributed by atoms with Crippen LogP contribution in [-0.4, -0.2) is 33.1 Å². The van der Waals surface area contributed by atoms with Gasteiger partial charge in [0, 0.05) is 12.9 Å². The molecule has 0 bridgehead atoms. The Morgan fingerprint density at radius 3 is 3.00 bits per heavy atom. The lowest BCUT2D eigenvalue weighted by atomic mass is 10.1. The lowest BCUT2D eigenvalue weighted by Gasteiger charge is -2.04. The number of thioether (sulfide) groups is 1. The smallest absolute Gasteiger partial charge is 0.335 e. The number of nitrogens with two attached hydrogens (primary N) is 1. The number of rotatable bonds is 6. The maximum absolute atomic E-state index is 10.9. The predicted octanol–water partition coefficient (Wildman–Crippen LogP) is 1.13. The molecule has 2 aromatic rings. The van der Waals surface area contributed by atoms with Crippen molar-refractivity contribution in [3.05, 3.63) is 41.2 Å². The van der Waals surface area contributed by atoms with E-state index in [-0.39, 0.29) is 5.56 Å². The van der Waals surface area contributed by atoms with E-state index < -0.39 is 5.97 Å². The lowest BCUT2D eigenvalue weighted by Crippen LogP contribution is -2.14. The van der Waals surface area contributed by atoms with Crippen LogP contribution in [0.25, 0.3) is 0 Å². The quantitative estimate of drug-likeness (QED) is 0.608. The van der Waals surface area contributed by atoms with E-state index in [2.05, 4.69) is 10.2 Å². The minimum atomic E-state index is -0.943. The minimum Gasteiger partial charge on any atom is -0.478 e. The monoisotopic (exact) mass is 294 g/mol. The van der Waals surface area contributed by atoms with Crippen LogP contribution in [0.4, 0.5) is 0 Å². The standard InChI is InChI=1S/C12H14N4O3S/c1-19-6-10-14-15-12(16(10)13)20-7-8-3-2-4-9(5-8)11(17)18/h2-5H,6-7,13H2,1H3,(H,17,18). The Kier molecular flexibility index (Phi) is 4.59. The fourth-order valence-corrected chi connectivity index (χ4v) is 2.39. The van der Waals surface area contributed by atoms with Crippen molar-refractivity contribution in [1.82, 2.24) is 14.9 Å². The van der Waals surface area contributed by atoms with Crippen molar-refractivity contribution in [2.24, 2.45) is 0 Å². The molecule has 0 saturated heterocycles. The topological polar surface area (TPSA) is 103 Å². The van der Waals surface area contributed by atoms with E-state index in [4.69, 9.17) is 15.7 Å². The molecular formula is C12H14N4O3S. The molecule has 1 aromatic heterocycles. The molecule has 0 aliphatic heterocycles. The van der Waals surface area contributed by atoms with Crippen LogP contribution in [0.3, 0.4) is 0 Å². The molecule has 106 valence electrons. The molecule has 0 amide bonds. The number of aromatic nitrogens is 3. The van der Waals surface area contributed by atoms with Crippen LogP contribution in [0, 0.1) is 0 Å². The van der Waals surface area contributed by atoms with Gasteiger partial charge in [0.05, 0.1) is 5.56 Å². The van der Waals surface area contributed by atoms with Crippen molar-refractivity contribution < 1.29 is 14.6 Å². The molecule has 0 aliphatic carbocycles. The first kappa shape index (κ1) is 14.4. The third-order valence-corrected chi connectivity index (χ3v) is 3.56. The van der Waals surface area contributed by atoms with Crippen molar-refractivity contribution in [1.29, 1.82) is 0 Å². The normalized spacial score (nSPS) is 10.7. The van der Waals surface area contributed by atoms with Gasteiger partial charge in [-0.2, -0.15) is 0 Å². The number of nitrogen functional groups attached to an aromatic ring is 1. The summed E-state index contributed by atoms with van der Waals surface area (Å²) in [4.78, 5) is 10.9. The van der Waals surface area contributed by atoms with Crippen molar-refractivity contribution in [3.8, 4) is 0 Å². The van der Waals surface area contributed by atoms with Crippen molar-refractivity contribution >= 4 is 17.7 Å². The highest BCUT2D eigenvalue weighted by Crippen LogP contribution is 2.21. The van der Waals surface area contributed by atoms with Gasteiger partial charge >= 0.3 is 5.97 Å². The molecule has 1 aromatic carbocycles. The molecule has 2 rings (SSSR count). The number of hydrogen-bond donors (Lipinski definition) is 2. The number of carboxylic acid groups (broad SMARTS) is 1. The van der Waals surface area contributed by atoms with Gasteiger partial charge in [-0.05, 0) is 17.7 Å². The molecule has 7 nitrogen and oxygen atoms in total. The van der Waals surface area contributed by atoms with E-state index in [9.17, 15) is 4.79 Å². The van der Waals surface area contributed by atoms with Gasteiger partial charge in [0.2, 0.25) is 5.16 Å². The van der Waals surface area contributed by atoms with Crippen molar-refractivity contribution in [3.63, 3.8) is 0 Å². The second-order valence-electron chi connectivity index (χ2n) is 4.00. The lowest BCUT2D eigenvalue weighted by molar-refractivity contribution is 0.0697. The molecular weight excluding hydrogens is 280 g/mol. The summed E-state index contributed by atoms with van der Waals surface area (Å²) in [7, 11) is 1.55. The molecule has 0 aliphatic rings. The first-order valence-electron chi connectivity index (χ1n) is 5.75. The maximum Gasteiger partial charge on any atom is 0.335 e. The average molecular weight is 294 g/mol. The summed E-state index contributed by atoms with van der Waals surface area (Å²) in [5.41, 5.74) is 1.14. The summed E-state index contributed by atoms with van der Waals surface area (Å²) in [6.07, 6.45) is 0. The second-order valence-corrected chi connectivity index (χ2v) is 4.94. The van der Waals surface area contributed by atoms with Crippen LogP contribution >= 0.6 is 11.8 Å². The zero-order valence-electron chi connectivity index (χ0n) is 10.8. The Hall–Kier alpha value is -2.06. The van der Waals surface area contributed by atoms with Gasteiger partial charge in [-0.3, -0.25) is 0 Å². The first-order chi connectivity index (χ1) is 9.61. The molecule has 1 heterocycles. The molecule has 0 saturated carbocycles. The average Bonchev–Trinajstić information content (AvgIpc) is 2.78. The number of carboxylic acids is 1. The van der Waals surface area contributed by atoms with Crippen LogP contribution in [-0.2, 0) is 17.1 Å². The van der Waals surface area contributed by atoms with Crippen LogP contribution in [0.5, 0.6) is 0 Å². The Morgan fingerprint density at radius 2 is 2.30 bits per heavy atom. The van der Waals surface area contributed by atoms with Gasteiger partial charge in [-0.25, -0.2) is 9.47 Å². The predicted molar refractivity (Wildman–Crippen MR) is 73.8 cm³/mol. The van der Waals surface area contributed by atoms with E-state index in [0.717, 1.165) is 5.56 Å². The number of methoxy groups -OCH3 is 1. The largest absolute Gasteiger partial charge is 0.478 e. The molecule has 0 unspecified atom stereocenters. The maximum atomic E-state index is 10.9. The van der Waals surface area contributed by atoms with E-state index in [1.54, 1.807) is 25.3 Å². The highest BCUT2D eigenvalue weighted by molar-refractivity contribution is 7.98. The number of hydrogen-bond acceptors (Lipinski definition) is 6. The fourth-order valence-electron chi connectivity index (χ4n) is 1.58. The molecule has 0 spiro atoms. The molecule has 8 heteroatoms. The highest BCUT2D eigenvalue weighted by Gasteiger charge is 2.10. The number of aromatic carboxylic acids is 1. The summed E-state index contributed by atoms with van der Waals surface area (Å²) in [5.74, 6) is 5.98. The third-order valence-electron chi connectivity index (χ3n) is 2.55. The number of ether oxygens (including phenoxy) is 1. The number of nitrogens with zero attached hydrogens (tertiary/aromatic N) is 3. The Labute approximate surface area is 119 Å². The molecule has 3 N–H and O–H groups in total. The summed E-state index contributed by atoms with van der Waals surface area (Å²) in [6, 6.07) is 6.75. The van der Waals surface area contributed by atoms with Gasteiger partial charge < -0.3 is 15.7 Å². The third kappa shape index (κ3) is 3.28. The van der Waals surface area contributed by atoms with Gasteiger partial charge in [-0.15, -0.1) is 10.2 Å². The Bertz CT molecular complexity index is 614. The minimum absolute atomic E-state index is 0.261.